The smallest absolute Gasteiger partial charge is 0.145 e. The van der Waals surface area contributed by atoms with E-state index in [2.05, 4.69) is 0 Å². The molecule has 0 spiro atoms. The van der Waals surface area contributed by atoms with Crippen LogP contribution in [0.2, 0.25) is 0 Å². The summed E-state index contributed by atoms with van der Waals surface area (Å²) in [4.78, 5) is 4.76. The highest BCUT2D eigenvalue weighted by Crippen LogP contribution is 2.31. The fraction of sp³-hybridized carbons (Fsp3) is 0.0500. The second kappa shape index (κ2) is 5.74. The molecule has 24 heavy (non-hydrogen) atoms. The van der Waals surface area contributed by atoms with E-state index in [-0.39, 0.29) is 5.75 Å². The molecule has 4 nitrogen and oxygen atoms in total. The van der Waals surface area contributed by atoms with Gasteiger partial charge in [-0.3, -0.25) is 4.57 Å². The van der Waals surface area contributed by atoms with Crippen molar-refractivity contribution in [2.75, 3.05) is 7.11 Å². The Kier molecular flexibility index (Phi) is 3.43. The largest absolute Gasteiger partial charge is 0.508 e. The van der Waals surface area contributed by atoms with Crippen LogP contribution >= 0.6 is 0 Å². The number of imidazole rings is 1. The minimum absolute atomic E-state index is 0.219. The minimum Gasteiger partial charge on any atom is -0.508 e. The molecule has 0 saturated heterocycles. The zero-order chi connectivity index (χ0) is 16.5. The van der Waals surface area contributed by atoms with Crippen molar-refractivity contribution in [3.8, 4) is 28.6 Å². The van der Waals surface area contributed by atoms with E-state index in [1.165, 1.54) is 0 Å². The summed E-state index contributed by atoms with van der Waals surface area (Å²) in [6, 6.07) is 23.0. The van der Waals surface area contributed by atoms with Crippen LogP contribution in [0.4, 0.5) is 0 Å². The van der Waals surface area contributed by atoms with E-state index in [4.69, 9.17) is 9.72 Å². The second-order valence-corrected chi connectivity index (χ2v) is 5.51. The first-order valence-corrected chi connectivity index (χ1v) is 7.67. The number of ether oxygens (including phenoxy) is 1. The molecule has 0 amide bonds. The number of fused-ring (bicyclic) bond motifs is 1. The van der Waals surface area contributed by atoms with Crippen LogP contribution < -0.4 is 4.74 Å². The highest BCUT2D eigenvalue weighted by Gasteiger charge is 2.14. The van der Waals surface area contributed by atoms with Gasteiger partial charge in [0.05, 0.1) is 18.1 Å². The lowest BCUT2D eigenvalue weighted by Gasteiger charge is -2.10. The molecule has 1 heterocycles. The van der Waals surface area contributed by atoms with E-state index in [0.29, 0.717) is 0 Å². The highest BCUT2D eigenvalue weighted by molar-refractivity contribution is 5.84. The summed E-state index contributed by atoms with van der Waals surface area (Å²) in [7, 11) is 1.65. The van der Waals surface area contributed by atoms with Gasteiger partial charge >= 0.3 is 0 Å². The third-order valence-corrected chi connectivity index (χ3v) is 4.00. The van der Waals surface area contributed by atoms with Crippen LogP contribution in [0, 0.1) is 0 Å². The molecule has 0 radical (unpaired) electrons. The summed E-state index contributed by atoms with van der Waals surface area (Å²) in [6.45, 7) is 0. The fourth-order valence-corrected chi connectivity index (χ4v) is 2.84. The Labute approximate surface area is 139 Å². The molecule has 4 aromatic rings. The number of methoxy groups -OCH3 is 1. The van der Waals surface area contributed by atoms with Gasteiger partial charge in [0.2, 0.25) is 0 Å². The van der Waals surface area contributed by atoms with Gasteiger partial charge in [-0.25, -0.2) is 4.98 Å². The number of benzene rings is 3. The third-order valence-electron chi connectivity index (χ3n) is 4.00. The van der Waals surface area contributed by atoms with Crippen LogP contribution in [0.1, 0.15) is 0 Å². The summed E-state index contributed by atoms with van der Waals surface area (Å²) in [6.07, 6.45) is 0. The summed E-state index contributed by atoms with van der Waals surface area (Å²) in [5, 5.41) is 9.90. The molecule has 1 aromatic heterocycles. The Hall–Kier alpha value is -3.27. The number of phenolic OH excluding ortho intramolecular Hbond substituents is 1. The van der Waals surface area contributed by atoms with Crippen molar-refractivity contribution in [1.82, 2.24) is 9.55 Å². The van der Waals surface area contributed by atoms with Crippen LogP contribution in [-0.2, 0) is 0 Å². The van der Waals surface area contributed by atoms with E-state index in [1.807, 2.05) is 65.2 Å². The lowest BCUT2D eigenvalue weighted by Crippen LogP contribution is -1.97. The van der Waals surface area contributed by atoms with Crippen LogP contribution in [0.15, 0.2) is 72.8 Å². The van der Waals surface area contributed by atoms with Crippen molar-refractivity contribution >= 4 is 11.0 Å². The Morgan fingerprint density at radius 3 is 2.38 bits per heavy atom. The van der Waals surface area contributed by atoms with Gasteiger partial charge in [0.1, 0.15) is 17.3 Å². The monoisotopic (exact) mass is 316 g/mol. The second-order valence-electron chi connectivity index (χ2n) is 5.51. The van der Waals surface area contributed by atoms with E-state index in [1.54, 1.807) is 19.2 Å². The Balaban J connectivity index is 2.01. The maximum Gasteiger partial charge on any atom is 0.145 e. The SMILES string of the molecule is COc1ccc(-n2c(-c3ccccc3)nc3ccc(O)cc32)cc1. The minimum atomic E-state index is 0.219. The predicted molar refractivity (Wildman–Crippen MR) is 94.7 cm³/mol. The summed E-state index contributed by atoms with van der Waals surface area (Å²) in [5.74, 6) is 1.85. The van der Waals surface area contributed by atoms with Gasteiger partial charge in [-0.05, 0) is 36.4 Å². The lowest BCUT2D eigenvalue weighted by molar-refractivity contribution is 0.415. The molecule has 0 unspecified atom stereocenters. The van der Waals surface area contributed by atoms with Gasteiger partial charge < -0.3 is 9.84 Å². The quantitative estimate of drug-likeness (QED) is 0.609. The van der Waals surface area contributed by atoms with Crippen molar-refractivity contribution in [3.63, 3.8) is 0 Å². The van der Waals surface area contributed by atoms with Gasteiger partial charge in [0, 0.05) is 17.3 Å². The summed E-state index contributed by atoms with van der Waals surface area (Å²) >= 11 is 0. The third kappa shape index (κ3) is 2.38. The maximum absolute atomic E-state index is 9.90. The predicted octanol–water partition coefficient (Wildman–Crippen LogP) is 4.41. The van der Waals surface area contributed by atoms with E-state index in [0.717, 1.165) is 33.9 Å². The highest BCUT2D eigenvalue weighted by atomic mass is 16.5. The molecule has 118 valence electrons. The zero-order valence-electron chi connectivity index (χ0n) is 13.2. The van der Waals surface area contributed by atoms with Crippen LogP contribution in [0.5, 0.6) is 11.5 Å². The van der Waals surface area contributed by atoms with Gasteiger partial charge in [-0.15, -0.1) is 0 Å². The van der Waals surface area contributed by atoms with Crippen LogP contribution in [-0.4, -0.2) is 21.8 Å². The Morgan fingerprint density at radius 1 is 0.917 bits per heavy atom. The number of phenols is 1. The molecule has 4 heteroatoms. The summed E-state index contributed by atoms with van der Waals surface area (Å²) < 4.78 is 7.29. The molecule has 0 saturated carbocycles. The van der Waals surface area contributed by atoms with Gasteiger partial charge in [0.15, 0.2) is 0 Å². The first kappa shape index (κ1) is 14.3. The summed E-state index contributed by atoms with van der Waals surface area (Å²) in [5.41, 5.74) is 3.67. The number of aromatic hydroxyl groups is 1. The van der Waals surface area contributed by atoms with Crippen molar-refractivity contribution < 1.29 is 9.84 Å². The molecule has 0 bridgehead atoms. The topological polar surface area (TPSA) is 47.3 Å². The van der Waals surface area contributed by atoms with Crippen LogP contribution in [0.3, 0.4) is 0 Å². The molecule has 0 aliphatic carbocycles. The number of rotatable bonds is 3. The van der Waals surface area contributed by atoms with Gasteiger partial charge in [-0.1, -0.05) is 30.3 Å². The number of hydrogen-bond donors (Lipinski definition) is 1. The first-order chi connectivity index (χ1) is 11.8. The zero-order valence-corrected chi connectivity index (χ0v) is 13.2. The van der Waals surface area contributed by atoms with Crippen molar-refractivity contribution in [2.45, 2.75) is 0 Å². The van der Waals surface area contributed by atoms with Crippen molar-refractivity contribution in [2.24, 2.45) is 0 Å². The molecule has 0 fully saturated rings. The fourth-order valence-electron chi connectivity index (χ4n) is 2.84. The average Bonchev–Trinajstić information content (AvgIpc) is 3.01. The Morgan fingerprint density at radius 2 is 1.67 bits per heavy atom. The molecule has 0 atom stereocenters. The molecular formula is C20H16N2O2. The standard InChI is InChI=1S/C20H16N2O2/c1-24-17-10-7-15(8-11-17)22-19-13-16(23)9-12-18(19)21-20(22)14-5-3-2-4-6-14/h2-13,23H,1H3. The van der Waals surface area contributed by atoms with Crippen LogP contribution in [0.25, 0.3) is 28.1 Å². The Bertz CT molecular complexity index is 990. The van der Waals surface area contributed by atoms with Gasteiger partial charge in [0.25, 0.3) is 0 Å². The molecule has 0 aliphatic rings. The molecule has 3 aromatic carbocycles. The van der Waals surface area contributed by atoms with Crippen molar-refractivity contribution in [1.29, 1.82) is 0 Å². The number of aromatic nitrogens is 2. The van der Waals surface area contributed by atoms with Gasteiger partial charge in [-0.2, -0.15) is 0 Å². The lowest BCUT2D eigenvalue weighted by atomic mass is 10.2. The molecular weight excluding hydrogens is 300 g/mol. The number of nitrogens with zero attached hydrogens (tertiary/aromatic N) is 2. The normalized spacial score (nSPS) is 10.9. The number of hydrogen-bond acceptors (Lipinski definition) is 3. The van der Waals surface area contributed by atoms with E-state index < -0.39 is 0 Å². The molecule has 1 N–H and O–H groups in total. The van der Waals surface area contributed by atoms with E-state index in [9.17, 15) is 5.11 Å². The maximum atomic E-state index is 9.90. The van der Waals surface area contributed by atoms with E-state index >= 15 is 0 Å². The molecule has 4 rings (SSSR count). The average molecular weight is 316 g/mol. The first-order valence-electron chi connectivity index (χ1n) is 7.67. The van der Waals surface area contributed by atoms with Crippen molar-refractivity contribution in [3.05, 3.63) is 72.8 Å². The molecule has 0 aliphatic heterocycles.